The van der Waals surface area contributed by atoms with Crippen molar-refractivity contribution in [3.8, 4) is 0 Å². The summed E-state index contributed by atoms with van der Waals surface area (Å²) in [6.07, 6.45) is 2.49. The SMILES string of the molecule is CCC(C)[C@H](NC(=O)N1CCCC(N)C1)C(=O)O. The number of amides is 2. The molecule has 1 saturated heterocycles. The lowest BCUT2D eigenvalue weighted by atomic mass is 9.99. The van der Waals surface area contributed by atoms with Crippen molar-refractivity contribution in [3.63, 3.8) is 0 Å². The van der Waals surface area contributed by atoms with E-state index in [-0.39, 0.29) is 18.0 Å². The molecule has 0 aromatic carbocycles. The van der Waals surface area contributed by atoms with Gasteiger partial charge in [-0.05, 0) is 18.8 Å². The number of carboxylic acids is 1. The average molecular weight is 257 g/mol. The first kappa shape index (κ1) is 14.8. The lowest BCUT2D eigenvalue weighted by Gasteiger charge is -2.32. The number of nitrogens with zero attached hydrogens (tertiary/aromatic N) is 1. The molecule has 0 aliphatic carbocycles. The first-order chi connectivity index (χ1) is 8.45. The summed E-state index contributed by atoms with van der Waals surface area (Å²) < 4.78 is 0. The molecule has 0 spiro atoms. The number of carbonyl (C=O) groups excluding carboxylic acids is 1. The Morgan fingerprint density at radius 1 is 1.56 bits per heavy atom. The Morgan fingerprint density at radius 3 is 2.72 bits per heavy atom. The van der Waals surface area contributed by atoms with Crippen molar-refractivity contribution in [1.82, 2.24) is 10.2 Å². The highest BCUT2D eigenvalue weighted by atomic mass is 16.4. The molecule has 2 unspecified atom stereocenters. The molecule has 1 fully saturated rings. The van der Waals surface area contributed by atoms with E-state index in [0.29, 0.717) is 19.5 Å². The van der Waals surface area contributed by atoms with E-state index in [1.807, 2.05) is 13.8 Å². The molecule has 0 bridgehead atoms. The summed E-state index contributed by atoms with van der Waals surface area (Å²) in [6, 6.07) is -1.16. The molecule has 104 valence electrons. The van der Waals surface area contributed by atoms with Crippen LogP contribution in [0, 0.1) is 5.92 Å². The number of nitrogens with one attached hydrogen (secondary N) is 1. The summed E-state index contributed by atoms with van der Waals surface area (Å²) in [5.41, 5.74) is 5.80. The Bertz CT molecular complexity index is 309. The van der Waals surface area contributed by atoms with Gasteiger partial charge >= 0.3 is 12.0 Å². The second-order valence-electron chi connectivity index (χ2n) is 5.00. The smallest absolute Gasteiger partial charge is 0.326 e. The van der Waals surface area contributed by atoms with Crippen LogP contribution in [-0.2, 0) is 4.79 Å². The van der Waals surface area contributed by atoms with Crippen LogP contribution in [0.4, 0.5) is 4.79 Å². The summed E-state index contributed by atoms with van der Waals surface area (Å²) in [4.78, 5) is 24.7. The maximum atomic E-state index is 12.0. The Labute approximate surface area is 108 Å². The minimum atomic E-state index is -0.987. The summed E-state index contributed by atoms with van der Waals surface area (Å²) in [5.74, 6) is -1.08. The number of aliphatic carboxylic acids is 1. The highest BCUT2D eigenvalue weighted by Gasteiger charge is 2.28. The molecular formula is C12H23N3O3. The van der Waals surface area contributed by atoms with E-state index in [4.69, 9.17) is 10.8 Å². The fourth-order valence-electron chi connectivity index (χ4n) is 2.10. The summed E-state index contributed by atoms with van der Waals surface area (Å²) >= 11 is 0. The lowest BCUT2D eigenvalue weighted by molar-refractivity contribution is -0.140. The molecule has 1 rings (SSSR count). The van der Waals surface area contributed by atoms with Gasteiger partial charge in [0.2, 0.25) is 0 Å². The normalized spacial score (nSPS) is 23.3. The van der Waals surface area contributed by atoms with Gasteiger partial charge in [-0.3, -0.25) is 0 Å². The predicted octanol–water partition coefficient (Wildman–Crippen LogP) is 0.618. The van der Waals surface area contributed by atoms with Crippen LogP contribution in [0.1, 0.15) is 33.1 Å². The van der Waals surface area contributed by atoms with Crippen molar-refractivity contribution in [1.29, 1.82) is 0 Å². The Morgan fingerprint density at radius 2 is 2.22 bits per heavy atom. The van der Waals surface area contributed by atoms with E-state index in [1.165, 1.54) is 0 Å². The minimum absolute atomic E-state index is 0.00335. The number of hydrogen-bond acceptors (Lipinski definition) is 3. The fourth-order valence-corrected chi connectivity index (χ4v) is 2.10. The molecule has 6 nitrogen and oxygen atoms in total. The molecule has 3 atom stereocenters. The second-order valence-corrected chi connectivity index (χ2v) is 5.00. The van der Waals surface area contributed by atoms with Crippen molar-refractivity contribution in [2.24, 2.45) is 11.7 Å². The molecule has 2 amide bonds. The van der Waals surface area contributed by atoms with Crippen LogP contribution in [-0.4, -0.2) is 47.2 Å². The van der Waals surface area contributed by atoms with Crippen LogP contribution >= 0.6 is 0 Å². The standard InChI is InChI=1S/C12H23N3O3/c1-3-8(2)10(11(16)17)14-12(18)15-6-4-5-9(13)7-15/h8-10H,3-7,13H2,1-2H3,(H,14,18)(H,16,17)/t8?,9?,10-/m0/s1. The van der Waals surface area contributed by atoms with Gasteiger partial charge in [-0.2, -0.15) is 0 Å². The third kappa shape index (κ3) is 3.87. The van der Waals surface area contributed by atoms with Gasteiger partial charge in [0, 0.05) is 19.1 Å². The summed E-state index contributed by atoms with van der Waals surface area (Å²) in [6.45, 7) is 4.87. The van der Waals surface area contributed by atoms with E-state index < -0.39 is 12.0 Å². The van der Waals surface area contributed by atoms with E-state index in [1.54, 1.807) is 4.90 Å². The first-order valence-corrected chi connectivity index (χ1v) is 6.49. The zero-order valence-corrected chi connectivity index (χ0v) is 11.1. The van der Waals surface area contributed by atoms with Gasteiger partial charge in [0.15, 0.2) is 0 Å². The van der Waals surface area contributed by atoms with Gasteiger partial charge < -0.3 is 21.1 Å². The van der Waals surface area contributed by atoms with Crippen molar-refractivity contribution in [2.45, 2.75) is 45.2 Å². The number of carbonyl (C=O) groups is 2. The molecule has 0 radical (unpaired) electrons. The molecule has 4 N–H and O–H groups in total. The second kappa shape index (κ2) is 6.58. The summed E-state index contributed by atoms with van der Waals surface area (Å²) in [5, 5.41) is 11.7. The van der Waals surface area contributed by atoms with Gasteiger partial charge in [-0.15, -0.1) is 0 Å². The van der Waals surface area contributed by atoms with Crippen molar-refractivity contribution in [2.75, 3.05) is 13.1 Å². The van der Waals surface area contributed by atoms with Crippen LogP contribution in [0.2, 0.25) is 0 Å². The van der Waals surface area contributed by atoms with Crippen LogP contribution < -0.4 is 11.1 Å². The molecule has 1 heterocycles. The van der Waals surface area contributed by atoms with Crippen molar-refractivity contribution >= 4 is 12.0 Å². The third-order valence-corrected chi connectivity index (χ3v) is 3.50. The van der Waals surface area contributed by atoms with Crippen LogP contribution in [0.15, 0.2) is 0 Å². The molecular weight excluding hydrogens is 234 g/mol. The number of rotatable bonds is 4. The molecule has 6 heteroatoms. The maximum Gasteiger partial charge on any atom is 0.326 e. The zero-order valence-electron chi connectivity index (χ0n) is 11.1. The quantitative estimate of drug-likeness (QED) is 0.688. The van der Waals surface area contributed by atoms with E-state index in [0.717, 1.165) is 12.8 Å². The Balaban J connectivity index is 2.58. The van der Waals surface area contributed by atoms with E-state index in [2.05, 4.69) is 5.32 Å². The van der Waals surface area contributed by atoms with Crippen molar-refractivity contribution in [3.05, 3.63) is 0 Å². The molecule has 0 saturated carbocycles. The number of likely N-dealkylation sites (tertiary alicyclic amines) is 1. The van der Waals surface area contributed by atoms with Crippen molar-refractivity contribution < 1.29 is 14.7 Å². The molecule has 1 aliphatic heterocycles. The van der Waals surface area contributed by atoms with Gasteiger partial charge in [0.1, 0.15) is 6.04 Å². The topological polar surface area (TPSA) is 95.7 Å². The zero-order chi connectivity index (χ0) is 13.7. The number of urea groups is 1. The molecule has 0 aromatic heterocycles. The van der Waals surface area contributed by atoms with E-state index >= 15 is 0 Å². The monoisotopic (exact) mass is 257 g/mol. The number of nitrogens with two attached hydrogens (primary N) is 1. The first-order valence-electron chi connectivity index (χ1n) is 6.49. The molecule has 18 heavy (non-hydrogen) atoms. The Kier molecular flexibility index (Phi) is 5.40. The molecule has 1 aliphatic rings. The lowest BCUT2D eigenvalue weighted by Crippen LogP contribution is -2.54. The van der Waals surface area contributed by atoms with Gasteiger partial charge in [-0.1, -0.05) is 20.3 Å². The van der Waals surface area contributed by atoms with Gasteiger partial charge in [0.25, 0.3) is 0 Å². The van der Waals surface area contributed by atoms with Crippen LogP contribution in [0.25, 0.3) is 0 Å². The predicted molar refractivity (Wildman–Crippen MR) is 68.2 cm³/mol. The minimum Gasteiger partial charge on any atom is -0.480 e. The third-order valence-electron chi connectivity index (χ3n) is 3.50. The van der Waals surface area contributed by atoms with Gasteiger partial charge in [0.05, 0.1) is 0 Å². The van der Waals surface area contributed by atoms with E-state index in [9.17, 15) is 9.59 Å². The largest absolute Gasteiger partial charge is 0.480 e. The average Bonchev–Trinajstić information content (AvgIpc) is 2.34. The highest BCUT2D eigenvalue weighted by Crippen LogP contribution is 2.11. The highest BCUT2D eigenvalue weighted by molar-refractivity contribution is 5.82. The Hall–Kier alpha value is -1.30. The number of carboxylic acid groups (broad SMARTS) is 1. The van der Waals surface area contributed by atoms with Crippen LogP contribution in [0.3, 0.4) is 0 Å². The maximum absolute atomic E-state index is 12.0. The summed E-state index contributed by atoms with van der Waals surface area (Å²) in [7, 11) is 0. The fraction of sp³-hybridized carbons (Fsp3) is 0.833. The number of hydrogen-bond donors (Lipinski definition) is 3. The molecule has 0 aromatic rings. The van der Waals surface area contributed by atoms with Gasteiger partial charge in [-0.25, -0.2) is 9.59 Å². The number of piperidine rings is 1. The van der Waals surface area contributed by atoms with Crippen LogP contribution in [0.5, 0.6) is 0 Å².